The summed E-state index contributed by atoms with van der Waals surface area (Å²) in [6.07, 6.45) is 0. The van der Waals surface area contributed by atoms with Crippen LogP contribution in [0.25, 0.3) is 5.65 Å². The molecule has 1 N–H and O–H groups in total. The van der Waals surface area contributed by atoms with Crippen LogP contribution in [0.4, 0.5) is 11.5 Å². The van der Waals surface area contributed by atoms with Crippen molar-refractivity contribution in [1.82, 2.24) is 14.6 Å². The number of hydrogen-bond acceptors (Lipinski definition) is 5. The Balaban J connectivity index is 1.57. The molecule has 0 amide bonds. The number of phenols is 1. The number of aromatic nitrogens is 3. The number of phenolic OH excluding ortho intramolecular Hbond substituents is 1. The van der Waals surface area contributed by atoms with Crippen LogP contribution in [0.1, 0.15) is 11.4 Å². The quantitative estimate of drug-likeness (QED) is 0.785. The fourth-order valence-electron chi connectivity index (χ4n) is 3.28. The number of fused-ring (bicyclic) bond motifs is 1. The van der Waals surface area contributed by atoms with E-state index in [0.717, 1.165) is 54.7 Å². The van der Waals surface area contributed by atoms with E-state index >= 15 is 0 Å². The molecule has 3 heterocycles. The molecule has 1 aromatic carbocycles. The lowest BCUT2D eigenvalue weighted by molar-refractivity contribution is 0.475. The van der Waals surface area contributed by atoms with Crippen LogP contribution in [0.3, 0.4) is 0 Å². The van der Waals surface area contributed by atoms with Crippen LogP contribution in [0.15, 0.2) is 36.4 Å². The topological polar surface area (TPSA) is 56.9 Å². The Morgan fingerprint density at radius 1 is 0.875 bits per heavy atom. The molecular weight excluding hydrogens is 302 g/mol. The number of rotatable bonds is 2. The fraction of sp³-hybridized carbons (Fsp3) is 0.333. The van der Waals surface area contributed by atoms with Gasteiger partial charge in [0.2, 0.25) is 0 Å². The maximum Gasteiger partial charge on any atom is 0.157 e. The number of piperazine rings is 1. The summed E-state index contributed by atoms with van der Waals surface area (Å²) in [4.78, 5) is 9.27. The van der Waals surface area contributed by atoms with Crippen molar-refractivity contribution >= 4 is 17.2 Å². The van der Waals surface area contributed by atoms with Gasteiger partial charge in [-0.1, -0.05) is 0 Å². The van der Waals surface area contributed by atoms with Crippen LogP contribution >= 0.6 is 0 Å². The highest BCUT2D eigenvalue weighted by Gasteiger charge is 2.20. The monoisotopic (exact) mass is 323 g/mol. The van der Waals surface area contributed by atoms with Crippen LogP contribution in [-0.2, 0) is 0 Å². The third kappa shape index (κ3) is 2.64. The van der Waals surface area contributed by atoms with Crippen molar-refractivity contribution in [3.63, 3.8) is 0 Å². The van der Waals surface area contributed by atoms with Crippen molar-refractivity contribution in [3.05, 3.63) is 47.8 Å². The van der Waals surface area contributed by atoms with Gasteiger partial charge in [-0.05, 0) is 38.1 Å². The minimum atomic E-state index is 0.307. The molecule has 1 fully saturated rings. The highest BCUT2D eigenvalue weighted by molar-refractivity contribution is 5.54. The maximum atomic E-state index is 9.43. The molecule has 2 aromatic heterocycles. The van der Waals surface area contributed by atoms with Gasteiger partial charge < -0.3 is 14.9 Å². The van der Waals surface area contributed by atoms with Crippen LogP contribution in [0, 0.1) is 13.8 Å². The minimum Gasteiger partial charge on any atom is -0.508 e. The number of aryl methyl sites for hydroxylation is 2. The summed E-state index contributed by atoms with van der Waals surface area (Å²) < 4.78 is 1.94. The third-order valence-electron chi connectivity index (χ3n) is 4.48. The second kappa shape index (κ2) is 5.70. The lowest BCUT2D eigenvalue weighted by Crippen LogP contribution is -2.47. The molecule has 0 atom stereocenters. The molecule has 0 bridgehead atoms. The van der Waals surface area contributed by atoms with E-state index in [0.29, 0.717) is 5.75 Å². The molecule has 0 saturated carbocycles. The zero-order chi connectivity index (χ0) is 16.7. The van der Waals surface area contributed by atoms with Gasteiger partial charge in [0.1, 0.15) is 11.6 Å². The Bertz CT molecular complexity index is 863. The summed E-state index contributed by atoms with van der Waals surface area (Å²) in [7, 11) is 0. The van der Waals surface area contributed by atoms with Gasteiger partial charge in [-0.15, -0.1) is 0 Å². The van der Waals surface area contributed by atoms with E-state index in [2.05, 4.69) is 25.9 Å². The molecule has 6 nitrogen and oxygen atoms in total. The van der Waals surface area contributed by atoms with E-state index in [1.54, 1.807) is 12.1 Å². The second-order valence-corrected chi connectivity index (χ2v) is 6.30. The predicted octanol–water partition coefficient (Wildman–Crippen LogP) is 2.38. The molecule has 0 unspecified atom stereocenters. The zero-order valence-electron chi connectivity index (χ0n) is 14.0. The first kappa shape index (κ1) is 14.8. The lowest BCUT2D eigenvalue weighted by Gasteiger charge is -2.37. The summed E-state index contributed by atoms with van der Waals surface area (Å²) >= 11 is 0. The molecule has 1 aliphatic heterocycles. The van der Waals surface area contributed by atoms with Crippen LogP contribution in [-0.4, -0.2) is 45.9 Å². The van der Waals surface area contributed by atoms with Gasteiger partial charge in [0, 0.05) is 49.7 Å². The zero-order valence-corrected chi connectivity index (χ0v) is 14.0. The van der Waals surface area contributed by atoms with Gasteiger partial charge in [0.25, 0.3) is 0 Å². The van der Waals surface area contributed by atoms with Gasteiger partial charge >= 0.3 is 0 Å². The van der Waals surface area contributed by atoms with Crippen LogP contribution in [0.2, 0.25) is 0 Å². The Kier molecular flexibility index (Phi) is 3.52. The van der Waals surface area contributed by atoms with Crippen molar-refractivity contribution in [2.75, 3.05) is 36.0 Å². The van der Waals surface area contributed by atoms with E-state index in [-0.39, 0.29) is 0 Å². The molecule has 124 valence electrons. The average Bonchev–Trinajstić information content (AvgIpc) is 2.95. The second-order valence-electron chi connectivity index (χ2n) is 6.30. The van der Waals surface area contributed by atoms with Crippen LogP contribution < -0.4 is 9.80 Å². The first-order valence-corrected chi connectivity index (χ1v) is 8.23. The summed E-state index contributed by atoms with van der Waals surface area (Å²) in [5, 5.41) is 14.0. The molecule has 6 heteroatoms. The highest BCUT2D eigenvalue weighted by atomic mass is 16.3. The Morgan fingerprint density at radius 3 is 2.25 bits per heavy atom. The summed E-state index contributed by atoms with van der Waals surface area (Å²) in [6, 6.07) is 11.5. The van der Waals surface area contributed by atoms with Gasteiger partial charge in [-0.2, -0.15) is 9.61 Å². The number of benzene rings is 1. The number of hydrogen-bond donors (Lipinski definition) is 1. The molecule has 1 aliphatic rings. The smallest absolute Gasteiger partial charge is 0.157 e. The maximum absolute atomic E-state index is 9.43. The molecule has 3 aromatic rings. The Hall–Kier alpha value is -2.76. The van der Waals surface area contributed by atoms with Crippen molar-refractivity contribution in [2.24, 2.45) is 0 Å². The first-order valence-electron chi connectivity index (χ1n) is 8.23. The van der Waals surface area contributed by atoms with Gasteiger partial charge in [-0.3, -0.25) is 0 Å². The van der Waals surface area contributed by atoms with Gasteiger partial charge in [0.15, 0.2) is 5.65 Å². The lowest BCUT2D eigenvalue weighted by atomic mass is 10.2. The van der Waals surface area contributed by atoms with E-state index < -0.39 is 0 Å². The van der Waals surface area contributed by atoms with E-state index in [9.17, 15) is 5.11 Å². The SMILES string of the molecule is Cc1cc(N2CCN(c3ccc(O)cc3)CC2)n2nc(C)cc2n1. The molecule has 4 rings (SSSR count). The average molecular weight is 323 g/mol. The van der Waals surface area contributed by atoms with Crippen molar-refractivity contribution in [3.8, 4) is 5.75 Å². The molecule has 1 saturated heterocycles. The Morgan fingerprint density at radius 2 is 1.54 bits per heavy atom. The third-order valence-corrected chi connectivity index (χ3v) is 4.48. The minimum absolute atomic E-state index is 0.307. The summed E-state index contributed by atoms with van der Waals surface area (Å²) in [5.74, 6) is 1.41. The summed E-state index contributed by atoms with van der Waals surface area (Å²) in [5.41, 5.74) is 4.05. The van der Waals surface area contributed by atoms with Crippen molar-refractivity contribution in [2.45, 2.75) is 13.8 Å². The first-order chi connectivity index (χ1) is 11.6. The van der Waals surface area contributed by atoms with Crippen molar-refractivity contribution < 1.29 is 5.11 Å². The largest absolute Gasteiger partial charge is 0.508 e. The fourth-order valence-corrected chi connectivity index (χ4v) is 3.28. The molecule has 0 spiro atoms. The number of aromatic hydroxyl groups is 1. The van der Waals surface area contributed by atoms with Crippen molar-refractivity contribution in [1.29, 1.82) is 0 Å². The normalized spacial score (nSPS) is 15.2. The highest BCUT2D eigenvalue weighted by Crippen LogP contribution is 2.23. The summed E-state index contributed by atoms with van der Waals surface area (Å²) in [6.45, 7) is 7.76. The van der Waals surface area contributed by atoms with E-state index in [1.807, 2.05) is 36.6 Å². The Labute approximate surface area is 141 Å². The molecule has 24 heavy (non-hydrogen) atoms. The standard InChI is InChI=1S/C18H21N5O/c1-13-12-18(23-17(19-13)11-14(2)20-23)22-9-7-21(8-10-22)15-3-5-16(24)6-4-15/h3-6,11-12,24H,7-10H2,1-2H3. The molecule has 0 radical (unpaired) electrons. The predicted molar refractivity (Wildman–Crippen MR) is 95.0 cm³/mol. The van der Waals surface area contributed by atoms with E-state index in [4.69, 9.17) is 0 Å². The molecule has 0 aliphatic carbocycles. The van der Waals surface area contributed by atoms with Gasteiger partial charge in [0.05, 0.1) is 5.69 Å². The number of nitrogens with zero attached hydrogens (tertiary/aromatic N) is 5. The van der Waals surface area contributed by atoms with Crippen LogP contribution in [0.5, 0.6) is 5.75 Å². The molecular formula is C18H21N5O. The van der Waals surface area contributed by atoms with Gasteiger partial charge in [-0.25, -0.2) is 4.98 Å². The van der Waals surface area contributed by atoms with E-state index in [1.165, 1.54) is 0 Å². The number of anilines is 2.